The lowest BCUT2D eigenvalue weighted by atomic mass is 10.1. The summed E-state index contributed by atoms with van der Waals surface area (Å²) in [5.74, 6) is -0.870. The van der Waals surface area contributed by atoms with Crippen molar-refractivity contribution >= 4 is 17.5 Å². The minimum Gasteiger partial charge on any atom is -0.386 e. The van der Waals surface area contributed by atoms with Gasteiger partial charge in [0, 0.05) is 22.7 Å². The van der Waals surface area contributed by atoms with E-state index in [9.17, 15) is 14.3 Å². The van der Waals surface area contributed by atoms with Crippen molar-refractivity contribution in [2.24, 2.45) is 0 Å². The second kappa shape index (κ2) is 6.70. The van der Waals surface area contributed by atoms with Crippen LogP contribution in [0.25, 0.3) is 0 Å². The molecule has 2 aromatic carbocycles. The minimum absolute atomic E-state index is 0.0781. The Morgan fingerprint density at radius 3 is 2.71 bits per heavy atom. The summed E-state index contributed by atoms with van der Waals surface area (Å²) in [4.78, 5) is 12.0. The summed E-state index contributed by atoms with van der Waals surface area (Å²) in [7, 11) is 0. The van der Waals surface area contributed by atoms with Crippen molar-refractivity contribution in [1.29, 1.82) is 0 Å². The summed E-state index contributed by atoms with van der Waals surface area (Å²) in [5.41, 5.74) is 1.42. The molecule has 0 heterocycles. The molecule has 5 heteroatoms. The van der Waals surface area contributed by atoms with E-state index in [-0.39, 0.29) is 18.0 Å². The van der Waals surface area contributed by atoms with Crippen LogP contribution in [-0.2, 0) is 0 Å². The van der Waals surface area contributed by atoms with Crippen LogP contribution in [0.2, 0.25) is 5.02 Å². The van der Waals surface area contributed by atoms with E-state index in [2.05, 4.69) is 5.32 Å². The van der Waals surface area contributed by atoms with Crippen LogP contribution < -0.4 is 5.32 Å². The summed E-state index contributed by atoms with van der Waals surface area (Å²) in [6.07, 6.45) is -1.10. The fraction of sp³-hybridized carbons (Fsp3) is 0.188. The molecule has 0 aromatic heterocycles. The third-order valence-corrected chi connectivity index (χ3v) is 3.56. The Bertz CT molecular complexity index is 660. The fourth-order valence-corrected chi connectivity index (χ4v) is 2.06. The highest BCUT2D eigenvalue weighted by Gasteiger charge is 2.14. The summed E-state index contributed by atoms with van der Waals surface area (Å²) in [5, 5.41) is 13.0. The predicted molar refractivity (Wildman–Crippen MR) is 79.9 cm³/mol. The van der Waals surface area contributed by atoms with Crippen molar-refractivity contribution in [3.63, 3.8) is 0 Å². The second-order valence-electron chi connectivity index (χ2n) is 4.71. The Morgan fingerprint density at radius 1 is 1.33 bits per heavy atom. The van der Waals surface area contributed by atoms with Gasteiger partial charge in [0.1, 0.15) is 5.82 Å². The molecular weight excluding hydrogens is 293 g/mol. The summed E-state index contributed by atoms with van der Waals surface area (Å²) in [6.45, 7) is 1.76. The first-order chi connectivity index (χ1) is 9.99. The van der Waals surface area contributed by atoms with Crippen LogP contribution in [0.4, 0.5) is 4.39 Å². The number of nitrogens with one attached hydrogen (secondary N) is 1. The smallest absolute Gasteiger partial charge is 0.251 e. The van der Waals surface area contributed by atoms with Crippen molar-refractivity contribution in [3.8, 4) is 0 Å². The van der Waals surface area contributed by atoms with E-state index in [1.807, 2.05) is 6.92 Å². The van der Waals surface area contributed by atoms with Crippen molar-refractivity contribution in [2.75, 3.05) is 6.54 Å². The van der Waals surface area contributed by atoms with E-state index in [1.54, 1.807) is 30.3 Å². The van der Waals surface area contributed by atoms with Gasteiger partial charge in [-0.2, -0.15) is 0 Å². The molecule has 0 aliphatic rings. The van der Waals surface area contributed by atoms with Crippen LogP contribution in [0.1, 0.15) is 27.6 Å². The third kappa shape index (κ3) is 3.80. The minimum atomic E-state index is -1.10. The number of aliphatic hydroxyl groups excluding tert-OH is 1. The van der Waals surface area contributed by atoms with Crippen LogP contribution in [0.15, 0.2) is 42.5 Å². The van der Waals surface area contributed by atoms with Gasteiger partial charge in [0.25, 0.3) is 5.91 Å². The molecule has 2 aromatic rings. The second-order valence-corrected chi connectivity index (χ2v) is 5.12. The maximum atomic E-state index is 13.5. The lowest BCUT2D eigenvalue weighted by Gasteiger charge is -2.13. The van der Waals surface area contributed by atoms with Crippen molar-refractivity contribution in [1.82, 2.24) is 5.32 Å². The van der Waals surface area contributed by atoms with Gasteiger partial charge in [-0.25, -0.2) is 4.39 Å². The van der Waals surface area contributed by atoms with Crippen LogP contribution in [0, 0.1) is 12.7 Å². The average Bonchev–Trinajstić information content (AvgIpc) is 2.47. The van der Waals surface area contributed by atoms with E-state index < -0.39 is 11.9 Å². The summed E-state index contributed by atoms with van der Waals surface area (Å²) in [6, 6.07) is 10.9. The van der Waals surface area contributed by atoms with Crippen molar-refractivity contribution < 1.29 is 14.3 Å². The molecule has 0 aliphatic carbocycles. The Hall–Kier alpha value is -1.91. The highest BCUT2D eigenvalue weighted by Crippen LogP contribution is 2.18. The predicted octanol–water partition coefficient (Wildman–Crippen LogP) is 3.25. The van der Waals surface area contributed by atoms with Gasteiger partial charge in [0.15, 0.2) is 0 Å². The molecule has 1 atom stereocenters. The number of carbonyl (C=O) groups is 1. The van der Waals surface area contributed by atoms with Crippen LogP contribution in [-0.4, -0.2) is 17.6 Å². The first-order valence-electron chi connectivity index (χ1n) is 6.46. The number of aryl methyl sites for hydroxylation is 1. The maximum Gasteiger partial charge on any atom is 0.251 e. The Balaban J connectivity index is 2.01. The number of hydrogen-bond acceptors (Lipinski definition) is 2. The average molecular weight is 308 g/mol. The molecule has 0 saturated heterocycles. The van der Waals surface area contributed by atoms with Gasteiger partial charge < -0.3 is 10.4 Å². The molecule has 110 valence electrons. The molecule has 2 N–H and O–H groups in total. The van der Waals surface area contributed by atoms with E-state index in [0.29, 0.717) is 10.6 Å². The van der Waals surface area contributed by atoms with Gasteiger partial charge >= 0.3 is 0 Å². The SMILES string of the molecule is Cc1ccc(C(=O)NCC(O)c2ccccc2F)cc1Cl. The molecule has 0 saturated carbocycles. The number of halogens is 2. The Kier molecular flexibility index (Phi) is 4.94. The normalized spacial score (nSPS) is 12.0. The van der Waals surface area contributed by atoms with Crippen LogP contribution in [0.3, 0.4) is 0 Å². The highest BCUT2D eigenvalue weighted by molar-refractivity contribution is 6.31. The van der Waals surface area contributed by atoms with Crippen molar-refractivity contribution in [3.05, 3.63) is 70.0 Å². The van der Waals surface area contributed by atoms with E-state index in [0.717, 1.165) is 5.56 Å². The van der Waals surface area contributed by atoms with Crippen LogP contribution >= 0.6 is 11.6 Å². The number of hydrogen-bond donors (Lipinski definition) is 2. The third-order valence-electron chi connectivity index (χ3n) is 3.15. The van der Waals surface area contributed by atoms with E-state index in [4.69, 9.17) is 11.6 Å². The first kappa shape index (κ1) is 15.5. The molecule has 0 aliphatic heterocycles. The van der Waals surface area contributed by atoms with E-state index in [1.165, 1.54) is 12.1 Å². The van der Waals surface area contributed by atoms with Gasteiger partial charge in [0.05, 0.1) is 6.10 Å². The fourth-order valence-electron chi connectivity index (χ4n) is 1.88. The number of carbonyl (C=O) groups excluding carboxylic acids is 1. The zero-order valence-corrected chi connectivity index (χ0v) is 12.2. The quantitative estimate of drug-likeness (QED) is 0.911. The molecule has 0 spiro atoms. The molecule has 1 amide bonds. The van der Waals surface area contributed by atoms with Gasteiger partial charge in [-0.1, -0.05) is 35.9 Å². The van der Waals surface area contributed by atoms with Gasteiger partial charge in [0.2, 0.25) is 0 Å². The Labute approximate surface area is 127 Å². The number of benzene rings is 2. The monoisotopic (exact) mass is 307 g/mol. The molecule has 3 nitrogen and oxygen atoms in total. The summed E-state index contributed by atoms with van der Waals surface area (Å²) >= 11 is 5.96. The molecule has 0 fully saturated rings. The molecule has 21 heavy (non-hydrogen) atoms. The lowest BCUT2D eigenvalue weighted by Crippen LogP contribution is -2.28. The number of aliphatic hydroxyl groups is 1. The maximum absolute atomic E-state index is 13.5. The van der Waals surface area contributed by atoms with E-state index >= 15 is 0 Å². The van der Waals surface area contributed by atoms with Crippen LogP contribution in [0.5, 0.6) is 0 Å². The molecule has 1 unspecified atom stereocenters. The lowest BCUT2D eigenvalue weighted by molar-refractivity contribution is 0.0914. The Morgan fingerprint density at radius 2 is 2.05 bits per heavy atom. The van der Waals surface area contributed by atoms with Gasteiger partial charge in [-0.05, 0) is 30.7 Å². The molecular formula is C16H15ClFNO2. The number of rotatable bonds is 4. The van der Waals surface area contributed by atoms with Gasteiger partial charge in [-0.15, -0.1) is 0 Å². The molecule has 0 radical (unpaired) electrons. The zero-order valence-electron chi connectivity index (χ0n) is 11.4. The largest absolute Gasteiger partial charge is 0.386 e. The van der Waals surface area contributed by atoms with Crippen molar-refractivity contribution in [2.45, 2.75) is 13.0 Å². The highest BCUT2D eigenvalue weighted by atomic mass is 35.5. The standard InChI is InChI=1S/C16H15ClFNO2/c1-10-6-7-11(8-13(10)17)16(21)19-9-15(20)12-4-2-3-5-14(12)18/h2-8,15,20H,9H2,1H3,(H,19,21). The molecule has 2 rings (SSSR count). The van der Waals surface area contributed by atoms with Gasteiger partial charge in [-0.3, -0.25) is 4.79 Å². The molecule has 0 bridgehead atoms. The zero-order chi connectivity index (χ0) is 15.4. The first-order valence-corrected chi connectivity index (χ1v) is 6.83. The number of amides is 1. The summed E-state index contributed by atoms with van der Waals surface area (Å²) < 4.78 is 13.5. The topological polar surface area (TPSA) is 49.3 Å².